The topological polar surface area (TPSA) is 95.5 Å². The van der Waals surface area contributed by atoms with Crippen molar-refractivity contribution in [3.63, 3.8) is 0 Å². The van der Waals surface area contributed by atoms with E-state index in [1.807, 2.05) is 0 Å². The van der Waals surface area contributed by atoms with E-state index in [4.69, 9.17) is 23.8 Å². The van der Waals surface area contributed by atoms with Crippen LogP contribution in [0.25, 0.3) is 0 Å². The van der Waals surface area contributed by atoms with Crippen LogP contribution in [0.2, 0.25) is 0 Å². The number of nitrogens with one attached hydrogen (secondary N) is 1. The average molecular weight is 556 g/mol. The van der Waals surface area contributed by atoms with Gasteiger partial charge in [-0.3, -0.25) is 9.63 Å². The molecule has 0 amide bonds. The number of hydrogen-bond donors (Lipinski definition) is 2. The summed E-state index contributed by atoms with van der Waals surface area (Å²) in [6, 6.07) is 0. The second-order valence-corrected chi connectivity index (χ2v) is 13.6. The Morgan fingerprint density at radius 1 is 1.15 bits per heavy atom. The highest BCUT2D eigenvalue weighted by molar-refractivity contribution is 5.66. The lowest BCUT2D eigenvalue weighted by molar-refractivity contribution is -0.232. The highest BCUT2D eigenvalue weighted by Crippen LogP contribution is 2.60. The van der Waals surface area contributed by atoms with Crippen molar-refractivity contribution in [3.05, 3.63) is 0 Å². The molecule has 8 nitrogen and oxygen atoms in total. The lowest BCUT2D eigenvalue weighted by atomic mass is 9.47. The van der Waals surface area contributed by atoms with Crippen LogP contribution in [0, 0.1) is 28.6 Å². The van der Waals surface area contributed by atoms with Crippen molar-refractivity contribution < 1.29 is 33.7 Å². The smallest absolute Gasteiger partial charge is 0.302 e. The molecule has 0 radical (unpaired) electrons. The second-order valence-electron chi connectivity index (χ2n) is 13.6. The van der Waals surface area contributed by atoms with Gasteiger partial charge in [0.05, 0.1) is 31.0 Å². The number of rotatable bonds is 10. The Bertz CT molecular complexity index is 769. The zero-order valence-electron chi connectivity index (χ0n) is 25.9. The van der Waals surface area contributed by atoms with Crippen molar-refractivity contribution in [3.8, 4) is 0 Å². The average Bonchev–Trinajstić information content (AvgIpc) is 2.86. The lowest BCUT2D eigenvalue weighted by Gasteiger charge is -2.63. The normalized spacial score (nSPS) is 37.8. The molecule has 1 aliphatic heterocycles. The summed E-state index contributed by atoms with van der Waals surface area (Å²) in [5.41, 5.74) is 3.56. The molecule has 0 aromatic rings. The molecule has 3 fully saturated rings. The Balaban J connectivity index is 1.93. The maximum absolute atomic E-state index is 11.7. The first kappa shape index (κ1) is 32.7. The molecule has 2 aliphatic carbocycles. The van der Waals surface area contributed by atoms with Crippen LogP contribution in [-0.4, -0.2) is 68.7 Å². The molecule has 3 aliphatic rings. The predicted octanol–water partition coefficient (Wildman–Crippen LogP) is 5.41. The van der Waals surface area contributed by atoms with E-state index in [1.54, 1.807) is 14.2 Å². The minimum Gasteiger partial charge on any atom is -0.463 e. The van der Waals surface area contributed by atoms with Gasteiger partial charge in [0.15, 0.2) is 6.29 Å². The van der Waals surface area contributed by atoms with Crippen molar-refractivity contribution in [2.75, 3.05) is 27.4 Å². The minimum atomic E-state index is -0.355. The second kappa shape index (κ2) is 13.9. The Morgan fingerprint density at radius 2 is 1.87 bits per heavy atom. The fraction of sp³-hybridized carbons (Fsp3) is 0.968. The van der Waals surface area contributed by atoms with E-state index in [-0.39, 0.29) is 53.5 Å². The fourth-order valence-corrected chi connectivity index (χ4v) is 8.54. The molecular weight excluding hydrogens is 498 g/mol. The molecule has 1 heterocycles. The summed E-state index contributed by atoms with van der Waals surface area (Å²) in [6.07, 6.45) is 9.01. The summed E-state index contributed by atoms with van der Waals surface area (Å²) in [5, 5.41) is 9.71. The number of ether oxygens (including phenoxy) is 4. The van der Waals surface area contributed by atoms with Gasteiger partial charge in [0.2, 0.25) is 0 Å². The Labute approximate surface area is 237 Å². The van der Waals surface area contributed by atoms with Crippen molar-refractivity contribution >= 4 is 5.97 Å². The molecule has 1 spiro atoms. The van der Waals surface area contributed by atoms with Crippen LogP contribution < -0.4 is 5.48 Å². The molecule has 8 heteroatoms. The van der Waals surface area contributed by atoms with Gasteiger partial charge in [-0.15, -0.1) is 0 Å². The summed E-state index contributed by atoms with van der Waals surface area (Å²) < 4.78 is 23.2. The lowest BCUT2D eigenvalue weighted by Crippen LogP contribution is -2.70. The van der Waals surface area contributed by atoms with E-state index in [2.05, 4.69) is 40.1 Å². The fourth-order valence-electron chi connectivity index (χ4n) is 8.54. The molecule has 228 valence electrons. The molecule has 8 atom stereocenters. The zero-order chi connectivity index (χ0) is 28.8. The maximum Gasteiger partial charge on any atom is 0.302 e. The number of esters is 1. The van der Waals surface area contributed by atoms with Gasteiger partial charge >= 0.3 is 5.97 Å². The molecule has 2 N–H and O–H groups in total. The predicted molar refractivity (Wildman–Crippen MR) is 151 cm³/mol. The minimum absolute atomic E-state index is 0.00756. The summed E-state index contributed by atoms with van der Waals surface area (Å²) in [4.78, 5) is 18.6. The number of hydrogen-bond acceptors (Lipinski definition) is 8. The Kier molecular flexibility index (Phi) is 11.7. The molecule has 0 aromatic carbocycles. The third kappa shape index (κ3) is 7.36. The van der Waals surface area contributed by atoms with Crippen molar-refractivity contribution in [2.45, 2.75) is 136 Å². The van der Waals surface area contributed by atoms with Crippen LogP contribution in [-0.2, 0) is 28.6 Å². The number of hydroxylamine groups is 1. The third-order valence-corrected chi connectivity index (χ3v) is 10.4. The van der Waals surface area contributed by atoms with E-state index in [0.717, 1.165) is 64.2 Å². The van der Waals surface area contributed by atoms with Crippen LogP contribution in [0.4, 0.5) is 0 Å². The molecule has 0 aromatic heterocycles. The van der Waals surface area contributed by atoms with Crippen LogP contribution in [0.15, 0.2) is 0 Å². The molecule has 0 bridgehead atoms. The number of carbonyl (C=O) groups is 1. The monoisotopic (exact) mass is 555 g/mol. The van der Waals surface area contributed by atoms with Crippen molar-refractivity contribution in [1.82, 2.24) is 5.48 Å². The quantitative estimate of drug-likeness (QED) is 0.273. The number of aliphatic hydroxyl groups excluding tert-OH is 1. The van der Waals surface area contributed by atoms with Crippen molar-refractivity contribution in [1.29, 1.82) is 0 Å². The van der Waals surface area contributed by atoms with Crippen LogP contribution in [0.1, 0.15) is 106 Å². The molecule has 2 saturated carbocycles. The summed E-state index contributed by atoms with van der Waals surface area (Å²) >= 11 is 0. The van der Waals surface area contributed by atoms with Gasteiger partial charge in [-0.05, 0) is 73.5 Å². The summed E-state index contributed by atoms with van der Waals surface area (Å²) in [6.45, 7) is 13.5. The van der Waals surface area contributed by atoms with E-state index < -0.39 is 0 Å². The number of aliphatic hydroxyl groups is 1. The first-order valence-corrected chi connectivity index (χ1v) is 15.3. The van der Waals surface area contributed by atoms with Gasteiger partial charge in [0.1, 0.15) is 6.10 Å². The highest BCUT2D eigenvalue weighted by atomic mass is 16.7. The standard InChI is InChI=1S/C31H57NO7/c1-9-26-30(6)16-14-23(38-21(2)34)19-22(30)20-27(37-18-17-33)31(26)15-10-11-24(29(3,4)5)25(39-32-31)12-13-28(35-7)36-8/h22-28,32-33H,9-20H2,1-8H3/t22-,23+,24?,25?,26?,27+,30-,31+/m0/s1. The molecule has 3 unspecified atom stereocenters. The molecular formula is C31H57NO7. The van der Waals surface area contributed by atoms with Gasteiger partial charge in [-0.25, -0.2) is 0 Å². The summed E-state index contributed by atoms with van der Waals surface area (Å²) in [7, 11) is 3.37. The molecule has 3 rings (SSSR count). The first-order valence-electron chi connectivity index (χ1n) is 15.3. The maximum atomic E-state index is 11.7. The van der Waals surface area contributed by atoms with Gasteiger partial charge in [-0.2, -0.15) is 5.48 Å². The molecule has 1 saturated heterocycles. The summed E-state index contributed by atoms with van der Waals surface area (Å²) in [5.74, 6) is 0.891. The number of carbonyl (C=O) groups excluding carboxylic acids is 1. The number of fused-ring (bicyclic) bond motifs is 1. The van der Waals surface area contributed by atoms with Gasteiger partial charge < -0.3 is 24.1 Å². The van der Waals surface area contributed by atoms with E-state index in [0.29, 0.717) is 24.4 Å². The first-order chi connectivity index (χ1) is 18.4. The number of methoxy groups -OCH3 is 2. The molecule has 39 heavy (non-hydrogen) atoms. The van der Waals surface area contributed by atoms with Gasteiger partial charge in [-0.1, -0.05) is 47.5 Å². The van der Waals surface area contributed by atoms with E-state index in [9.17, 15) is 9.90 Å². The Hall–Kier alpha value is -0.770. The SMILES string of the molecule is CCC1[C@@]2(C)CC[C@@H](OC(C)=O)C[C@H]2C[C@@H](OCCO)[C@@]12CCCC(C(C)(C)C)C(CCC(OC)OC)ON2. The van der Waals surface area contributed by atoms with Crippen LogP contribution in [0.3, 0.4) is 0 Å². The van der Waals surface area contributed by atoms with E-state index >= 15 is 0 Å². The van der Waals surface area contributed by atoms with Crippen LogP contribution >= 0.6 is 0 Å². The van der Waals surface area contributed by atoms with Gasteiger partial charge in [0.25, 0.3) is 0 Å². The largest absolute Gasteiger partial charge is 0.463 e. The van der Waals surface area contributed by atoms with Crippen molar-refractivity contribution in [2.24, 2.45) is 28.6 Å². The van der Waals surface area contributed by atoms with Gasteiger partial charge in [0, 0.05) is 27.6 Å². The third-order valence-electron chi connectivity index (χ3n) is 10.4. The van der Waals surface area contributed by atoms with Crippen LogP contribution in [0.5, 0.6) is 0 Å². The zero-order valence-corrected chi connectivity index (χ0v) is 25.9. The van der Waals surface area contributed by atoms with E-state index in [1.165, 1.54) is 6.92 Å². The highest BCUT2D eigenvalue weighted by Gasteiger charge is 2.61. The Morgan fingerprint density at radius 3 is 2.46 bits per heavy atom.